The number of nitrogens with one attached hydrogen (secondary N) is 2. The van der Waals surface area contributed by atoms with Gasteiger partial charge in [0.2, 0.25) is 5.88 Å². The van der Waals surface area contributed by atoms with E-state index in [0.717, 1.165) is 36.2 Å². The number of anilines is 4. The summed E-state index contributed by atoms with van der Waals surface area (Å²) in [5.41, 5.74) is 2.05. The lowest BCUT2D eigenvalue weighted by Crippen LogP contribution is -2.19. The van der Waals surface area contributed by atoms with Crippen molar-refractivity contribution in [2.75, 3.05) is 35.7 Å². The first kappa shape index (κ1) is 19.6. The van der Waals surface area contributed by atoms with Gasteiger partial charge >= 0.3 is 0 Å². The van der Waals surface area contributed by atoms with E-state index in [1.165, 1.54) is 20.0 Å². The first-order chi connectivity index (χ1) is 14.6. The Kier molecular flexibility index (Phi) is 5.74. The van der Waals surface area contributed by atoms with Crippen LogP contribution in [0.5, 0.6) is 5.88 Å². The van der Waals surface area contributed by atoms with Gasteiger partial charge in [-0.05, 0) is 50.1 Å². The molecule has 2 aromatic heterocycles. The van der Waals surface area contributed by atoms with Crippen molar-refractivity contribution < 1.29 is 9.53 Å². The highest BCUT2D eigenvalue weighted by Gasteiger charge is 2.15. The van der Waals surface area contributed by atoms with Crippen molar-refractivity contribution in [3.8, 4) is 5.88 Å². The Morgan fingerprint density at radius 2 is 1.77 bits per heavy atom. The zero-order valence-electron chi connectivity index (χ0n) is 17.1. The number of hydrogen-bond acceptors (Lipinski definition) is 7. The highest BCUT2D eigenvalue weighted by atomic mass is 16.5. The van der Waals surface area contributed by atoms with Crippen LogP contribution in [0.1, 0.15) is 29.0 Å². The van der Waals surface area contributed by atoms with Gasteiger partial charge < -0.3 is 20.3 Å². The first-order valence-corrected chi connectivity index (χ1v) is 9.90. The summed E-state index contributed by atoms with van der Waals surface area (Å²) < 4.78 is 5.06. The van der Waals surface area contributed by atoms with Gasteiger partial charge in [-0.15, -0.1) is 0 Å². The van der Waals surface area contributed by atoms with Gasteiger partial charge in [0.1, 0.15) is 17.5 Å². The summed E-state index contributed by atoms with van der Waals surface area (Å²) in [4.78, 5) is 27.8. The lowest BCUT2D eigenvalue weighted by molar-refractivity contribution is 0.102. The molecule has 0 saturated carbocycles. The van der Waals surface area contributed by atoms with E-state index in [-0.39, 0.29) is 5.91 Å². The highest BCUT2D eigenvalue weighted by Crippen LogP contribution is 2.24. The van der Waals surface area contributed by atoms with Crippen LogP contribution in [0, 0.1) is 6.92 Å². The molecule has 1 aliphatic heterocycles. The summed E-state index contributed by atoms with van der Waals surface area (Å²) in [7, 11) is 1.52. The van der Waals surface area contributed by atoms with E-state index >= 15 is 0 Å². The number of nitrogens with zero attached hydrogens (tertiary/aromatic N) is 4. The van der Waals surface area contributed by atoms with Gasteiger partial charge in [-0.1, -0.05) is 0 Å². The predicted molar refractivity (Wildman–Crippen MR) is 117 cm³/mol. The number of hydrogen-bond donors (Lipinski definition) is 2. The van der Waals surface area contributed by atoms with Crippen molar-refractivity contribution in [3.63, 3.8) is 0 Å². The maximum atomic E-state index is 12.4. The zero-order chi connectivity index (χ0) is 20.9. The number of benzene rings is 1. The minimum Gasteiger partial charge on any atom is -0.481 e. The summed E-state index contributed by atoms with van der Waals surface area (Å²) in [6.45, 7) is 3.97. The van der Waals surface area contributed by atoms with Gasteiger partial charge in [-0.3, -0.25) is 4.79 Å². The predicted octanol–water partition coefficient (Wildman–Crippen LogP) is 3.78. The van der Waals surface area contributed by atoms with E-state index in [1.807, 2.05) is 37.3 Å². The molecule has 0 bridgehead atoms. The molecule has 1 saturated heterocycles. The summed E-state index contributed by atoms with van der Waals surface area (Å²) >= 11 is 0. The Balaban J connectivity index is 1.43. The number of carbonyl (C=O) groups excluding carboxylic acids is 1. The summed E-state index contributed by atoms with van der Waals surface area (Å²) in [5.74, 6) is 2.62. The van der Waals surface area contributed by atoms with Crippen LogP contribution in [0.4, 0.5) is 23.0 Å². The molecule has 0 unspecified atom stereocenters. The number of aromatic nitrogens is 3. The summed E-state index contributed by atoms with van der Waals surface area (Å²) in [6, 6.07) is 12.7. The molecule has 4 rings (SSSR count). The molecule has 1 aromatic carbocycles. The van der Waals surface area contributed by atoms with E-state index in [0.29, 0.717) is 17.1 Å². The smallest absolute Gasteiger partial charge is 0.255 e. The fourth-order valence-corrected chi connectivity index (χ4v) is 3.37. The lowest BCUT2D eigenvalue weighted by Gasteiger charge is -2.18. The van der Waals surface area contributed by atoms with Crippen molar-refractivity contribution in [2.24, 2.45) is 0 Å². The second-order valence-corrected chi connectivity index (χ2v) is 7.10. The van der Waals surface area contributed by atoms with Crippen LogP contribution in [0.2, 0.25) is 0 Å². The molecule has 3 heterocycles. The second kappa shape index (κ2) is 8.77. The van der Waals surface area contributed by atoms with Crippen LogP contribution in [0.25, 0.3) is 0 Å². The largest absolute Gasteiger partial charge is 0.481 e. The number of ether oxygens (including phenoxy) is 1. The van der Waals surface area contributed by atoms with Gasteiger partial charge in [0.25, 0.3) is 5.91 Å². The summed E-state index contributed by atoms with van der Waals surface area (Å²) in [5, 5.41) is 6.19. The molecule has 1 fully saturated rings. The normalized spacial score (nSPS) is 13.2. The molecule has 8 nitrogen and oxygen atoms in total. The molecule has 1 amide bonds. The second-order valence-electron chi connectivity index (χ2n) is 7.10. The van der Waals surface area contributed by atoms with Gasteiger partial charge in [-0.2, -0.15) is 0 Å². The number of carbonyl (C=O) groups is 1. The van der Waals surface area contributed by atoms with E-state index < -0.39 is 0 Å². The van der Waals surface area contributed by atoms with Crippen LogP contribution >= 0.6 is 0 Å². The molecule has 0 radical (unpaired) electrons. The van der Waals surface area contributed by atoms with E-state index in [1.54, 1.807) is 18.3 Å². The van der Waals surface area contributed by atoms with Crippen LogP contribution in [-0.4, -0.2) is 41.1 Å². The highest BCUT2D eigenvalue weighted by molar-refractivity contribution is 6.04. The molecule has 8 heteroatoms. The van der Waals surface area contributed by atoms with Crippen LogP contribution in [0.15, 0.2) is 48.7 Å². The standard InChI is InChI=1S/C22H24N6O2/c1-15-24-19(14-20(25-15)28-11-3-4-12-28)26-17-5-7-18(8-6-17)27-22(29)16-9-10-23-21(13-16)30-2/h5-10,13-14H,3-4,11-12H2,1-2H3,(H,27,29)(H,24,25,26). The monoisotopic (exact) mass is 404 g/mol. The minimum atomic E-state index is -0.224. The van der Waals surface area contributed by atoms with Gasteiger partial charge in [0, 0.05) is 48.4 Å². The Bertz CT molecular complexity index is 1030. The Labute approximate surface area is 175 Å². The maximum Gasteiger partial charge on any atom is 0.255 e. The maximum absolute atomic E-state index is 12.4. The molecule has 154 valence electrons. The Morgan fingerprint density at radius 3 is 2.50 bits per heavy atom. The minimum absolute atomic E-state index is 0.224. The molecule has 1 aliphatic rings. The van der Waals surface area contributed by atoms with Gasteiger partial charge in [0.05, 0.1) is 7.11 Å². The van der Waals surface area contributed by atoms with Gasteiger partial charge in [0.15, 0.2) is 0 Å². The van der Waals surface area contributed by atoms with Crippen molar-refractivity contribution in [3.05, 3.63) is 60.0 Å². The average molecular weight is 404 g/mol. The molecular weight excluding hydrogens is 380 g/mol. The first-order valence-electron chi connectivity index (χ1n) is 9.90. The van der Waals surface area contributed by atoms with E-state index in [9.17, 15) is 4.79 Å². The Hall–Kier alpha value is -3.68. The van der Waals surface area contributed by atoms with E-state index in [4.69, 9.17) is 4.74 Å². The fourth-order valence-electron chi connectivity index (χ4n) is 3.37. The molecule has 2 N–H and O–H groups in total. The molecule has 0 aliphatic carbocycles. The van der Waals surface area contributed by atoms with Crippen LogP contribution in [-0.2, 0) is 0 Å². The number of methoxy groups -OCH3 is 1. The quantitative estimate of drug-likeness (QED) is 0.646. The fraction of sp³-hybridized carbons (Fsp3) is 0.273. The third kappa shape index (κ3) is 4.65. The van der Waals surface area contributed by atoms with Crippen molar-refractivity contribution in [1.82, 2.24) is 15.0 Å². The lowest BCUT2D eigenvalue weighted by atomic mass is 10.2. The molecule has 0 spiro atoms. The SMILES string of the molecule is COc1cc(C(=O)Nc2ccc(Nc3cc(N4CCCC4)nc(C)n3)cc2)ccn1. The number of amides is 1. The Morgan fingerprint density at radius 1 is 1.03 bits per heavy atom. The van der Waals surface area contributed by atoms with Crippen molar-refractivity contribution in [1.29, 1.82) is 0 Å². The number of aryl methyl sites for hydroxylation is 1. The molecular formula is C22H24N6O2. The third-order valence-corrected chi connectivity index (χ3v) is 4.88. The molecule has 3 aromatic rings. The number of pyridine rings is 1. The van der Waals surface area contributed by atoms with Gasteiger partial charge in [-0.25, -0.2) is 15.0 Å². The molecule has 0 atom stereocenters. The van der Waals surface area contributed by atoms with Crippen LogP contribution in [0.3, 0.4) is 0 Å². The topological polar surface area (TPSA) is 92.3 Å². The summed E-state index contributed by atoms with van der Waals surface area (Å²) in [6.07, 6.45) is 3.94. The van der Waals surface area contributed by atoms with Crippen LogP contribution < -0.4 is 20.3 Å². The zero-order valence-corrected chi connectivity index (χ0v) is 17.1. The molecule has 30 heavy (non-hydrogen) atoms. The van der Waals surface area contributed by atoms with Crippen molar-refractivity contribution >= 4 is 28.9 Å². The average Bonchev–Trinajstić information content (AvgIpc) is 3.30. The van der Waals surface area contributed by atoms with E-state index in [2.05, 4.69) is 30.5 Å². The number of rotatable bonds is 6. The van der Waals surface area contributed by atoms with Crippen molar-refractivity contribution in [2.45, 2.75) is 19.8 Å². The third-order valence-electron chi connectivity index (χ3n) is 4.88.